The first-order valence-corrected chi connectivity index (χ1v) is 12.3. The first-order chi connectivity index (χ1) is 17.4. The maximum absolute atomic E-state index is 12.9. The minimum atomic E-state index is -0.537. The predicted molar refractivity (Wildman–Crippen MR) is 141 cm³/mol. The van der Waals surface area contributed by atoms with Gasteiger partial charge in [0, 0.05) is 16.3 Å². The monoisotopic (exact) mass is 522 g/mol. The van der Waals surface area contributed by atoms with E-state index in [1.165, 1.54) is 0 Å². The molecular weight excluding hydrogens is 500 g/mol. The number of imide groups is 1. The lowest BCUT2D eigenvalue weighted by atomic mass is 10.2. The second kappa shape index (κ2) is 11.8. The Hall–Kier alpha value is -3.75. The minimum absolute atomic E-state index is 0.211. The van der Waals surface area contributed by atoms with Gasteiger partial charge in [0.25, 0.3) is 11.1 Å². The maximum Gasteiger partial charge on any atom is 0.294 e. The Kier molecular flexibility index (Phi) is 8.30. The summed E-state index contributed by atoms with van der Waals surface area (Å²) in [7, 11) is 0. The first kappa shape index (κ1) is 25.3. The van der Waals surface area contributed by atoms with Crippen molar-refractivity contribution in [3.63, 3.8) is 0 Å². The summed E-state index contributed by atoms with van der Waals surface area (Å²) >= 11 is 6.78. The molecule has 3 aromatic rings. The van der Waals surface area contributed by atoms with E-state index in [1.807, 2.05) is 49.4 Å². The number of hydrogen-bond donors (Lipinski definition) is 1. The lowest BCUT2D eigenvalue weighted by molar-refractivity contribution is -0.127. The number of aryl methyl sites for hydroxylation is 1. The Bertz CT molecular complexity index is 1310. The molecule has 7 nitrogen and oxygen atoms in total. The van der Waals surface area contributed by atoms with Gasteiger partial charge < -0.3 is 14.8 Å². The molecule has 1 saturated heterocycles. The zero-order valence-corrected chi connectivity index (χ0v) is 21.0. The van der Waals surface area contributed by atoms with Gasteiger partial charge in [-0.25, -0.2) is 0 Å². The summed E-state index contributed by atoms with van der Waals surface area (Å²) in [5.74, 6) is 0.268. The smallest absolute Gasteiger partial charge is 0.294 e. The quantitative estimate of drug-likeness (QED) is 0.283. The highest BCUT2D eigenvalue weighted by Gasteiger charge is 2.36. The minimum Gasteiger partial charge on any atom is -0.490 e. The Morgan fingerprint density at radius 1 is 1.00 bits per heavy atom. The van der Waals surface area contributed by atoms with Crippen LogP contribution in [-0.2, 0) is 9.59 Å². The van der Waals surface area contributed by atoms with Crippen LogP contribution in [0.3, 0.4) is 0 Å². The fourth-order valence-corrected chi connectivity index (χ4v) is 4.40. The van der Waals surface area contributed by atoms with Crippen LogP contribution in [0.5, 0.6) is 11.5 Å². The average Bonchev–Trinajstić information content (AvgIpc) is 3.13. The normalized spacial score (nSPS) is 14.3. The maximum atomic E-state index is 12.9. The molecule has 0 radical (unpaired) electrons. The molecule has 0 unspecified atom stereocenters. The number of carbonyl (C=O) groups excluding carboxylic acids is 3. The third-order valence-electron chi connectivity index (χ3n) is 5.21. The molecule has 184 valence electrons. The topological polar surface area (TPSA) is 84.9 Å². The van der Waals surface area contributed by atoms with Gasteiger partial charge >= 0.3 is 0 Å². The summed E-state index contributed by atoms with van der Waals surface area (Å²) in [5, 5.41) is 2.66. The van der Waals surface area contributed by atoms with Crippen molar-refractivity contribution in [2.45, 2.75) is 6.92 Å². The number of ether oxygens (including phenoxy) is 2. The lowest BCUT2D eigenvalue weighted by Crippen LogP contribution is -2.36. The molecule has 0 bridgehead atoms. The van der Waals surface area contributed by atoms with Crippen molar-refractivity contribution in [2.24, 2.45) is 0 Å². The number of nitrogens with one attached hydrogen (secondary N) is 1. The van der Waals surface area contributed by atoms with Crippen LogP contribution in [0.4, 0.5) is 10.5 Å². The molecule has 3 aromatic carbocycles. The SMILES string of the molecule is Cc1ccc(Cl)cc1NC(=O)CN1C(=O)S/C(=C/c2ccccc2OCCOc2ccccc2)C1=O. The molecule has 1 heterocycles. The number of rotatable bonds is 9. The van der Waals surface area contributed by atoms with E-state index in [4.69, 9.17) is 21.1 Å². The molecule has 1 aliphatic heterocycles. The molecule has 0 aliphatic carbocycles. The highest BCUT2D eigenvalue weighted by molar-refractivity contribution is 8.18. The molecule has 0 aromatic heterocycles. The zero-order chi connectivity index (χ0) is 25.5. The van der Waals surface area contributed by atoms with Crippen molar-refractivity contribution < 1.29 is 23.9 Å². The van der Waals surface area contributed by atoms with Crippen molar-refractivity contribution in [1.29, 1.82) is 0 Å². The van der Waals surface area contributed by atoms with Crippen LogP contribution in [0, 0.1) is 6.92 Å². The highest BCUT2D eigenvalue weighted by atomic mass is 35.5. The first-order valence-electron chi connectivity index (χ1n) is 11.1. The number of thioether (sulfide) groups is 1. The van der Waals surface area contributed by atoms with E-state index in [9.17, 15) is 14.4 Å². The van der Waals surface area contributed by atoms with Gasteiger partial charge in [-0.1, -0.05) is 54.1 Å². The van der Waals surface area contributed by atoms with E-state index in [2.05, 4.69) is 5.32 Å². The molecule has 1 N–H and O–H groups in total. The lowest BCUT2D eigenvalue weighted by Gasteiger charge is -2.14. The van der Waals surface area contributed by atoms with Crippen molar-refractivity contribution in [3.8, 4) is 11.5 Å². The van der Waals surface area contributed by atoms with E-state index < -0.39 is 23.6 Å². The fraction of sp³-hybridized carbons (Fsp3) is 0.148. The van der Waals surface area contributed by atoms with Gasteiger partial charge in [0.2, 0.25) is 5.91 Å². The van der Waals surface area contributed by atoms with E-state index >= 15 is 0 Å². The predicted octanol–water partition coefficient (Wildman–Crippen LogP) is 5.78. The largest absolute Gasteiger partial charge is 0.490 e. The van der Waals surface area contributed by atoms with Gasteiger partial charge in [0.1, 0.15) is 31.3 Å². The van der Waals surface area contributed by atoms with Crippen molar-refractivity contribution in [3.05, 3.63) is 93.9 Å². The molecule has 0 atom stereocenters. The zero-order valence-electron chi connectivity index (χ0n) is 19.4. The van der Waals surface area contributed by atoms with Crippen LogP contribution < -0.4 is 14.8 Å². The summed E-state index contributed by atoms with van der Waals surface area (Å²) in [6.07, 6.45) is 1.59. The van der Waals surface area contributed by atoms with Crippen LogP contribution in [0.1, 0.15) is 11.1 Å². The Morgan fingerprint density at radius 3 is 2.53 bits per heavy atom. The third kappa shape index (κ3) is 6.47. The summed E-state index contributed by atoms with van der Waals surface area (Å²) < 4.78 is 11.5. The molecule has 9 heteroatoms. The Morgan fingerprint density at radius 2 is 1.72 bits per heavy atom. The standard InChI is InChI=1S/C27H23ClN2O5S/c1-18-11-12-20(28)16-22(18)29-25(31)17-30-26(32)24(36-27(30)33)15-19-7-5-6-10-23(19)35-14-13-34-21-8-3-2-4-9-21/h2-12,15-16H,13-14,17H2,1H3,(H,29,31)/b24-15+. The summed E-state index contributed by atoms with van der Waals surface area (Å²) in [5.41, 5.74) is 1.98. The van der Waals surface area contributed by atoms with Crippen LogP contribution in [0.15, 0.2) is 77.7 Å². The van der Waals surface area contributed by atoms with Crippen molar-refractivity contribution in [1.82, 2.24) is 4.90 Å². The average molecular weight is 523 g/mol. The Labute approximate surface area is 218 Å². The summed E-state index contributed by atoms with van der Waals surface area (Å²) in [6.45, 7) is 2.06. The number of benzene rings is 3. The number of para-hydroxylation sites is 2. The second-order valence-corrected chi connectivity index (χ2v) is 9.25. The molecule has 36 heavy (non-hydrogen) atoms. The van der Waals surface area contributed by atoms with Crippen LogP contribution in [0.2, 0.25) is 5.02 Å². The van der Waals surface area contributed by atoms with E-state index in [1.54, 1.807) is 36.4 Å². The summed E-state index contributed by atoms with van der Waals surface area (Å²) in [6, 6.07) is 21.7. The number of hydrogen-bond acceptors (Lipinski definition) is 6. The molecule has 4 rings (SSSR count). The number of nitrogens with zero attached hydrogens (tertiary/aromatic N) is 1. The van der Waals surface area contributed by atoms with Crippen LogP contribution >= 0.6 is 23.4 Å². The number of anilines is 1. The number of carbonyl (C=O) groups is 3. The third-order valence-corrected chi connectivity index (χ3v) is 6.35. The Balaban J connectivity index is 1.38. The molecule has 0 saturated carbocycles. The van der Waals surface area contributed by atoms with Crippen LogP contribution in [-0.4, -0.2) is 41.7 Å². The van der Waals surface area contributed by atoms with Crippen molar-refractivity contribution in [2.75, 3.05) is 25.1 Å². The van der Waals surface area contributed by atoms with Gasteiger partial charge in [0.05, 0.1) is 4.91 Å². The van der Waals surface area contributed by atoms with E-state index in [0.29, 0.717) is 35.2 Å². The van der Waals surface area contributed by atoms with Gasteiger partial charge in [0.15, 0.2) is 0 Å². The van der Waals surface area contributed by atoms with Gasteiger partial charge in [-0.2, -0.15) is 0 Å². The molecule has 0 spiro atoms. The summed E-state index contributed by atoms with van der Waals surface area (Å²) in [4.78, 5) is 39.1. The number of amides is 3. The molecular formula is C27H23ClN2O5S. The van der Waals surface area contributed by atoms with Gasteiger partial charge in [-0.3, -0.25) is 19.3 Å². The highest BCUT2D eigenvalue weighted by Crippen LogP contribution is 2.34. The second-order valence-electron chi connectivity index (χ2n) is 7.82. The van der Waals surface area contributed by atoms with E-state index in [-0.39, 0.29) is 4.91 Å². The molecule has 1 fully saturated rings. The van der Waals surface area contributed by atoms with E-state index in [0.717, 1.165) is 28.0 Å². The molecule has 3 amide bonds. The number of halogens is 1. The van der Waals surface area contributed by atoms with Gasteiger partial charge in [-0.15, -0.1) is 0 Å². The van der Waals surface area contributed by atoms with Crippen molar-refractivity contribution >= 4 is 52.2 Å². The van der Waals surface area contributed by atoms with Crippen LogP contribution in [0.25, 0.3) is 6.08 Å². The fourth-order valence-electron chi connectivity index (χ4n) is 3.40. The molecule has 1 aliphatic rings. The van der Waals surface area contributed by atoms with Gasteiger partial charge in [-0.05, 0) is 60.7 Å².